The molecule has 0 spiro atoms. The van der Waals surface area contributed by atoms with Crippen molar-refractivity contribution in [3.05, 3.63) is 69.1 Å². The van der Waals surface area contributed by atoms with Gasteiger partial charge in [-0.25, -0.2) is 4.39 Å². The Kier molecular flexibility index (Phi) is 3.14. The molecule has 0 aliphatic carbocycles. The molecule has 0 unspecified atom stereocenters. The van der Waals surface area contributed by atoms with E-state index in [1.165, 1.54) is 10.6 Å². The summed E-state index contributed by atoms with van der Waals surface area (Å²) in [6, 6.07) is 8.11. The Hall–Kier alpha value is -2.01. The summed E-state index contributed by atoms with van der Waals surface area (Å²) in [7, 11) is 0. The van der Waals surface area contributed by atoms with E-state index in [1.807, 2.05) is 6.92 Å². The third-order valence-corrected chi connectivity index (χ3v) is 4.23. The number of pyridine rings is 2. The Balaban J connectivity index is 2.52. The zero-order valence-electron chi connectivity index (χ0n) is 10.6. The van der Waals surface area contributed by atoms with Gasteiger partial charge in [0.1, 0.15) is 5.82 Å². The molecule has 0 radical (unpaired) electrons. The molecule has 0 amide bonds. The SMILES string of the molecule is Cc1c(Br)c2cccc(F)c2c(=O)n1-c1cccnc1. The van der Waals surface area contributed by atoms with Crippen molar-refractivity contribution in [3.8, 4) is 5.69 Å². The third-order valence-electron chi connectivity index (χ3n) is 3.22. The predicted octanol–water partition coefficient (Wildman–Crippen LogP) is 3.60. The average molecular weight is 333 g/mol. The van der Waals surface area contributed by atoms with E-state index in [0.29, 0.717) is 21.2 Å². The number of benzene rings is 1. The van der Waals surface area contributed by atoms with Gasteiger partial charge in [-0.05, 0) is 41.1 Å². The van der Waals surface area contributed by atoms with Crippen molar-refractivity contribution in [1.82, 2.24) is 9.55 Å². The summed E-state index contributed by atoms with van der Waals surface area (Å²) in [4.78, 5) is 16.6. The van der Waals surface area contributed by atoms with Crippen LogP contribution in [0, 0.1) is 12.7 Å². The van der Waals surface area contributed by atoms with Crippen LogP contribution in [0.4, 0.5) is 4.39 Å². The number of fused-ring (bicyclic) bond motifs is 1. The summed E-state index contributed by atoms with van der Waals surface area (Å²) in [5.74, 6) is -0.522. The Bertz CT molecular complexity index is 859. The lowest BCUT2D eigenvalue weighted by Gasteiger charge is -2.14. The van der Waals surface area contributed by atoms with Crippen molar-refractivity contribution in [2.24, 2.45) is 0 Å². The first-order valence-electron chi connectivity index (χ1n) is 6.01. The minimum Gasteiger partial charge on any atom is -0.278 e. The largest absolute Gasteiger partial charge is 0.278 e. The maximum Gasteiger partial charge on any atom is 0.266 e. The molecule has 2 aromatic heterocycles. The van der Waals surface area contributed by atoms with E-state index in [-0.39, 0.29) is 10.9 Å². The van der Waals surface area contributed by atoms with Gasteiger partial charge in [-0.15, -0.1) is 0 Å². The lowest BCUT2D eigenvalue weighted by Crippen LogP contribution is -2.22. The molecule has 0 bridgehead atoms. The highest BCUT2D eigenvalue weighted by molar-refractivity contribution is 9.10. The molecule has 1 aromatic carbocycles. The fourth-order valence-corrected chi connectivity index (χ4v) is 2.79. The molecule has 3 nitrogen and oxygen atoms in total. The van der Waals surface area contributed by atoms with Gasteiger partial charge in [0.25, 0.3) is 5.56 Å². The van der Waals surface area contributed by atoms with Crippen molar-refractivity contribution in [2.75, 3.05) is 0 Å². The predicted molar refractivity (Wildman–Crippen MR) is 79.7 cm³/mol. The standard InChI is InChI=1S/C15H10BrFN2O/c1-9-14(16)11-5-2-6-12(17)13(11)15(20)19(9)10-4-3-7-18-8-10/h2-8H,1H3. The second-order valence-corrected chi connectivity index (χ2v) is 5.21. The van der Waals surface area contributed by atoms with Crippen molar-refractivity contribution in [2.45, 2.75) is 6.92 Å². The van der Waals surface area contributed by atoms with Crippen LogP contribution in [-0.2, 0) is 0 Å². The normalized spacial score (nSPS) is 10.9. The zero-order valence-corrected chi connectivity index (χ0v) is 12.2. The van der Waals surface area contributed by atoms with Gasteiger partial charge >= 0.3 is 0 Å². The fraction of sp³-hybridized carbons (Fsp3) is 0.0667. The van der Waals surface area contributed by atoms with Crippen LogP contribution in [0.15, 0.2) is 52.0 Å². The van der Waals surface area contributed by atoms with Crippen LogP contribution in [0.3, 0.4) is 0 Å². The Labute approximate surface area is 122 Å². The lowest BCUT2D eigenvalue weighted by molar-refractivity contribution is 0.637. The van der Waals surface area contributed by atoms with Crippen LogP contribution in [0.25, 0.3) is 16.5 Å². The van der Waals surface area contributed by atoms with Crippen LogP contribution >= 0.6 is 15.9 Å². The molecule has 0 fully saturated rings. The molecule has 0 atom stereocenters. The molecular weight excluding hydrogens is 323 g/mol. The number of hydrogen-bond donors (Lipinski definition) is 0. The molecule has 0 aliphatic rings. The minimum atomic E-state index is -0.522. The summed E-state index contributed by atoms with van der Waals surface area (Å²) >= 11 is 3.45. The highest BCUT2D eigenvalue weighted by Crippen LogP contribution is 2.27. The Morgan fingerprint density at radius 1 is 1.25 bits per heavy atom. The first-order chi connectivity index (χ1) is 9.61. The number of nitrogens with zero attached hydrogens (tertiary/aromatic N) is 2. The maximum absolute atomic E-state index is 14.0. The van der Waals surface area contributed by atoms with Gasteiger partial charge in [0, 0.05) is 21.7 Å². The number of rotatable bonds is 1. The van der Waals surface area contributed by atoms with Crippen LogP contribution in [-0.4, -0.2) is 9.55 Å². The minimum absolute atomic E-state index is 0.0776. The molecule has 2 heterocycles. The molecular formula is C15H10BrFN2O. The average Bonchev–Trinajstić information content (AvgIpc) is 2.46. The maximum atomic E-state index is 14.0. The monoisotopic (exact) mass is 332 g/mol. The molecule has 0 aliphatic heterocycles. The number of hydrogen-bond acceptors (Lipinski definition) is 2. The highest BCUT2D eigenvalue weighted by Gasteiger charge is 2.16. The van der Waals surface area contributed by atoms with Gasteiger partial charge in [-0.3, -0.25) is 14.3 Å². The van der Waals surface area contributed by atoms with Crippen molar-refractivity contribution in [3.63, 3.8) is 0 Å². The van der Waals surface area contributed by atoms with Crippen molar-refractivity contribution in [1.29, 1.82) is 0 Å². The summed E-state index contributed by atoms with van der Waals surface area (Å²) in [6.45, 7) is 1.81. The number of halogens is 2. The van der Waals surface area contributed by atoms with Crippen molar-refractivity contribution >= 4 is 26.7 Å². The Morgan fingerprint density at radius 2 is 2.05 bits per heavy atom. The second kappa shape index (κ2) is 4.83. The first kappa shape index (κ1) is 13.0. The molecule has 0 N–H and O–H groups in total. The van der Waals surface area contributed by atoms with Crippen LogP contribution < -0.4 is 5.56 Å². The topological polar surface area (TPSA) is 34.9 Å². The second-order valence-electron chi connectivity index (χ2n) is 4.41. The molecule has 20 heavy (non-hydrogen) atoms. The van der Waals surface area contributed by atoms with Crippen LogP contribution in [0.5, 0.6) is 0 Å². The Morgan fingerprint density at radius 3 is 2.75 bits per heavy atom. The van der Waals surface area contributed by atoms with Gasteiger partial charge in [0.15, 0.2) is 0 Å². The fourth-order valence-electron chi connectivity index (χ4n) is 2.28. The number of aromatic nitrogens is 2. The highest BCUT2D eigenvalue weighted by atomic mass is 79.9. The van der Waals surface area contributed by atoms with Gasteiger partial charge in [0.05, 0.1) is 17.3 Å². The quantitative estimate of drug-likeness (QED) is 0.682. The van der Waals surface area contributed by atoms with E-state index in [9.17, 15) is 9.18 Å². The third kappa shape index (κ3) is 1.86. The van der Waals surface area contributed by atoms with E-state index in [4.69, 9.17) is 0 Å². The van der Waals surface area contributed by atoms with Gasteiger partial charge in [-0.2, -0.15) is 0 Å². The van der Waals surface area contributed by atoms with E-state index in [0.717, 1.165) is 0 Å². The molecule has 3 rings (SSSR count). The van der Waals surface area contributed by atoms with Crippen molar-refractivity contribution < 1.29 is 4.39 Å². The van der Waals surface area contributed by atoms with E-state index in [1.54, 1.807) is 36.7 Å². The van der Waals surface area contributed by atoms with Crippen LogP contribution in [0.2, 0.25) is 0 Å². The van der Waals surface area contributed by atoms with E-state index < -0.39 is 5.82 Å². The summed E-state index contributed by atoms with van der Waals surface area (Å²) < 4.78 is 16.2. The molecule has 0 saturated heterocycles. The molecule has 3 aromatic rings. The zero-order chi connectivity index (χ0) is 14.3. The first-order valence-corrected chi connectivity index (χ1v) is 6.80. The molecule has 0 saturated carbocycles. The van der Waals surface area contributed by atoms with E-state index >= 15 is 0 Å². The van der Waals surface area contributed by atoms with Crippen LogP contribution in [0.1, 0.15) is 5.69 Å². The van der Waals surface area contributed by atoms with Gasteiger partial charge < -0.3 is 0 Å². The summed E-state index contributed by atoms with van der Waals surface area (Å²) in [6.07, 6.45) is 3.20. The summed E-state index contributed by atoms with van der Waals surface area (Å²) in [5.41, 5.74) is 0.939. The molecule has 100 valence electrons. The van der Waals surface area contributed by atoms with Gasteiger partial charge in [-0.1, -0.05) is 12.1 Å². The smallest absolute Gasteiger partial charge is 0.266 e. The lowest BCUT2D eigenvalue weighted by atomic mass is 10.1. The molecule has 5 heteroatoms. The summed E-state index contributed by atoms with van der Waals surface area (Å²) in [5, 5.41) is 0.654. The van der Waals surface area contributed by atoms with E-state index in [2.05, 4.69) is 20.9 Å². The van der Waals surface area contributed by atoms with Gasteiger partial charge in [0.2, 0.25) is 0 Å².